The van der Waals surface area contributed by atoms with E-state index >= 15 is 0 Å². The normalized spacial score (nSPS) is 15.5. The van der Waals surface area contributed by atoms with Gasteiger partial charge in [0.15, 0.2) is 0 Å². The largest absolute Gasteiger partial charge is 0.389 e. The van der Waals surface area contributed by atoms with Crippen LogP contribution in [0.4, 0.5) is 5.00 Å². The van der Waals surface area contributed by atoms with E-state index in [0.29, 0.717) is 0 Å². The van der Waals surface area contributed by atoms with E-state index in [-0.39, 0.29) is 0 Å². The minimum Gasteiger partial charge on any atom is -0.389 e. The van der Waals surface area contributed by atoms with Gasteiger partial charge in [0.25, 0.3) is 0 Å². The molecule has 1 aliphatic carbocycles. The maximum Gasteiger partial charge on any atom is 0.114 e. The monoisotopic (exact) mass is 216 g/mol. The van der Waals surface area contributed by atoms with Crippen LogP contribution in [0.3, 0.4) is 0 Å². The summed E-state index contributed by atoms with van der Waals surface area (Å²) in [5.41, 5.74) is 11.3. The lowest BCUT2D eigenvalue weighted by Crippen LogP contribution is -1.90. The summed E-state index contributed by atoms with van der Waals surface area (Å²) in [7, 11) is 0. The molecule has 15 heavy (non-hydrogen) atoms. The molecule has 0 aliphatic heterocycles. The van der Waals surface area contributed by atoms with Crippen LogP contribution in [0.1, 0.15) is 24.3 Å². The summed E-state index contributed by atoms with van der Waals surface area (Å²) < 4.78 is 0. The Morgan fingerprint density at radius 2 is 2.07 bits per heavy atom. The lowest BCUT2D eigenvalue weighted by molar-refractivity contribution is 1.13. The van der Waals surface area contributed by atoms with Crippen molar-refractivity contribution in [2.24, 2.45) is 0 Å². The molecule has 3 rings (SSSR count). The smallest absolute Gasteiger partial charge is 0.114 e. The molecule has 76 valence electrons. The lowest BCUT2D eigenvalue weighted by atomic mass is 10.0. The molecule has 0 saturated heterocycles. The number of nitrogen functional groups attached to an aromatic ring is 1. The van der Waals surface area contributed by atoms with E-state index in [2.05, 4.69) is 29.2 Å². The van der Waals surface area contributed by atoms with Crippen molar-refractivity contribution in [1.82, 2.24) is 4.98 Å². The Bertz CT molecular complexity index is 486. The molecule has 2 N–H and O–H groups in total. The average Bonchev–Trinajstić information content (AvgIpc) is 3.02. The van der Waals surface area contributed by atoms with E-state index in [9.17, 15) is 0 Å². The molecule has 0 radical (unpaired) electrons. The van der Waals surface area contributed by atoms with Gasteiger partial charge in [-0.1, -0.05) is 24.3 Å². The highest BCUT2D eigenvalue weighted by molar-refractivity contribution is 7.14. The van der Waals surface area contributed by atoms with Gasteiger partial charge in [-0.3, -0.25) is 0 Å². The molecule has 1 aromatic heterocycles. The standard InChI is InChI=1S/C12H12N2S/c13-12-11(14-7-15-12)10-4-2-1-3-9(10)8-5-6-8/h1-4,7-8H,5-6,13H2. The van der Waals surface area contributed by atoms with Gasteiger partial charge in [0.1, 0.15) is 10.7 Å². The van der Waals surface area contributed by atoms with E-state index in [1.165, 1.54) is 35.3 Å². The molecule has 1 aliphatic rings. The SMILES string of the molecule is Nc1scnc1-c1ccccc1C1CC1. The highest BCUT2D eigenvalue weighted by atomic mass is 32.1. The molecule has 0 bridgehead atoms. The fraction of sp³-hybridized carbons (Fsp3) is 0.250. The Kier molecular flexibility index (Phi) is 1.99. The van der Waals surface area contributed by atoms with Crippen molar-refractivity contribution in [2.75, 3.05) is 5.73 Å². The van der Waals surface area contributed by atoms with Crippen LogP contribution in [-0.2, 0) is 0 Å². The van der Waals surface area contributed by atoms with Gasteiger partial charge >= 0.3 is 0 Å². The fourth-order valence-electron chi connectivity index (χ4n) is 1.92. The van der Waals surface area contributed by atoms with Crippen molar-refractivity contribution >= 4 is 16.3 Å². The summed E-state index contributed by atoms with van der Waals surface area (Å²) in [5.74, 6) is 0.738. The van der Waals surface area contributed by atoms with Crippen LogP contribution in [-0.4, -0.2) is 4.98 Å². The third-order valence-electron chi connectivity index (χ3n) is 2.83. The number of benzene rings is 1. The molecule has 3 heteroatoms. The number of rotatable bonds is 2. The average molecular weight is 216 g/mol. The number of thiazole rings is 1. The zero-order valence-electron chi connectivity index (χ0n) is 8.31. The first kappa shape index (κ1) is 8.92. The van der Waals surface area contributed by atoms with Gasteiger partial charge in [-0.25, -0.2) is 4.98 Å². The van der Waals surface area contributed by atoms with E-state index in [0.717, 1.165) is 16.6 Å². The molecule has 1 heterocycles. The Balaban J connectivity index is 2.14. The highest BCUT2D eigenvalue weighted by Gasteiger charge is 2.26. The maximum absolute atomic E-state index is 5.92. The second-order valence-corrected chi connectivity index (χ2v) is 4.81. The number of anilines is 1. The van der Waals surface area contributed by atoms with E-state index in [1.807, 2.05) is 5.51 Å². The van der Waals surface area contributed by atoms with Crippen molar-refractivity contribution in [3.05, 3.63) is 35.3 Å². The number of hydrogen-bond acceptors (Lipinski definition) is 3. The second kappa shape index (κ2) is 3.35. The van der Waals surface area contributed by atoms with Crippen molar-refractivity contribution in [1.29, 1.82) is 0 Å². The van der Waals surface area contributed by atoms with Crippen LogP contribution in [0, 0.1) is 0 Å². The minimum atomic E-state index is 0.738. The Labute approximate surface area is 92.8 Å². The van der Waals surface area contributed by atoms with Crippen LogP contribution in [0.25, 0.3) is 11.3 Å². The van der Waals surface area contributed by atoms with E-state index in [1.54, 1.807) is 0 Å². The summed E-state index contributed by atoms with van der Waals surface area (Å²) >= 11 is 1.51. The molecule has 1 saturated carbocycles. The molecule has 2 nitrogen and oxygen atoms in total. The Morgan fingerprint density at radius 3 is 2.73 bits per heavy atom. The number of hydrogen-bond donors (Lipinski definition) is 1. The summed E-state index contributed by atoms with van der Waals surface area (Å²) in [6.07, 6.45) is 2.61. The number of nitrogens with zero attached hydrogens (tertiary/aromatic N) is 1. The maximum atomic E-state index is 5.92. The molecule has 1 fully saturated rings. The van der Waals surface area contributed by atoms with Gasteiger partial charge < -0.3 is 5.73 Å². The number of aromatic nitrogens is 1. The molecule has 0 unspecified atom stereocenters. The summed E-state index contributed by atoms with van der Waals surface area (Å²) in [6, 6.07) is 8.48. The molecular weight excluding hydrogens is 204 g/mol. The van der Waals surface area contributed by atoms with Gasteiger partial charge in [0, 0.05) is 5.56 Å². The number of nitrogens with two attached hydrogens (primary N) is 1. The van der Waals surface area contributed by atoms with Crippen LogP contribution in [0.15, 0.2) is 29.8 Å². The van der Waals surface area contributed by atoms with E-state index in [4.69, 9.17) is 5.73 Å². The Morgan fingerprint density at radius 1 is 1.27 bits per heavy atom. The first-order valence-corrected chi connectivity index (χ1v) is 6.02. The zero-order chi connectivity index (χ0) is 10.3. The van der Waals surface area contributed by atoms with Crippen molar-refractivity contribution in [3.8, 4) is 11.3 Å². The first-order chi connectivity index (χ1) is 7.36. The summed E-state index contributed by atoms with van der Waals surface area (Å²) in [6.45, 7) is 0. The van der Waals surface area contributed by atoms with Crippen LogP contribution in [0.2, 0.25) is 0 Å². The Hall–Kier alpha value is -1.35. The highest BCUT2D eigenvalue weighted by Crippen LogP contribution is 2.45. The molecule has 2 aromatic rings. The molecule has 0 spiro atoms. The first-order valence-electron chi connectivity index (χ1n) is 5.14. The molecule has 0 amide bonds. The second-order valence-electron chi connectivity index (χ2n) is 3.93. The van der Waals surface area contributed by atoms with Gasteiger partial charge in [-0.15, -0.1) is 11.3 Å². The zero-order valence-corrected chi connectivity index (χ0v) is 9.13. The molecule has 1 aromatic carbocycles. The van der Waals surface area contributed by atoms with Gasteiger partial charge in [-0.05, 0) is 24.3 Å². The van der Waals surface area contributed by atoms with Gasteiger partial charge in [0.05, 0.1) is 5.51 Å². The lowest BCUT2D eigenvalue weighted by Gasteiger charge is -2.06. The third-order valence-corrected chi connectivity index (χ3v) is 3.49. The third kappa shape index (κ3) is 1.53. The topological polar surface area (TPSA) is 38.9 Å². The van der Waals surface area contributed by atoms with Crippen LogP contribution in [0.5, 0.6) is 0 Å². The van der Waals surface area contributed by atoms with Crippen molar-refractivity contribution in [3.63, 3.8) is 0 Å². The summed E-state index contributed by atoms with van der Waals surface area (Å²) in [4.78, 5) is 4.35. The van der Waals surface area contributed by atoms with Crippen molar-refractivity contribution < 1.29 is 0 Å². The van der Waals surface area contributed by atoms with Gasteiger partial charge in [0.2, 0.25) is 0 Å². The molecular formula is C12H12N2S. The quantitative estimate of drug-likeness (QED) is 0.836. The minimum absolute atomic E-state index is 0.738. The van der Waals surface area contributed by atoms with Crippen molar-refractivity contribution in [2.45, 2.75) is 18.8 Å². The summed E-state index contributed by atoms with van der Waals surface area (Å²) in [5, 5.41) is 0.822. The fourth-order valence-corrected chi connectivity index (χ4v) is 2.47. The predicted octanol–water partition coefficient (Wildman–Crippen LogP) is 3.27. The molecule has 0 atom stereocenters. The van der Waals surface area contributed by atoms with E-state index < -0.39 is 0 Å². The van der Waals surface area contributed by atoms with Crippen LogP contribution < -0.4 is 5.73 Å². The van der Waals surface area contributed by atoms with Gasteiger partial charge in [-0.2, -0.15) is 0 Å². The van der Waals surface area contributed by atoms with Crippen LogP contribution >= 0.6 is 11.3 Å². The predicted molar refractivity (Wildman–Crippen MR) is 63.9 cm³/mol.